The minimum Gasteiger partial charge on any atom is -0.530 e. The lowest BCUT2D eigenvalue weighted by atomic mass is 10.1. The first-order valence-corrected chi connectivity index (χ1v) is 13.7. The number of carbonyl (C=O) groups excluding carboxylic acids is 3. The van der Waals surface area contributed by atoms with Crippen LogP contribution in [0.5, 0.6) is 0 Å². The molecule has 0 radical (unpaired) electrons. The minimum absolute atomic E-state index is 0.0415. The zero-order valence-corrected chi connectivity index (χ0v) is 22.5. The van der Waals surface area contributed by atoms with E-state index in [0.29, 0.717) is 36.5 Å². The van der Waals surface area contributed by atoms with Crippen molar-refractivity contribution in [3.8, 4) is 10.6 Å². The van der Waals surface area contributed by atoms with Gasteiger partial charge < -0.3 is 30.8 Å². The van der Waals surface area contributed by atoms with Crippen molar-refractivity contribution in [1.29, 1.82) is 0 Å². The van der Waals surface area contributed by atoms with Crippen molar-refractivity contribution in [2.24, 2.45) is 0 Å². The Morgan fingerprint density at radius 1 is 1.02 bits per heavy atom. The molecule has 1 saturated heterocycles. The summed E-state index contributed by atoms with van der Waals surface area (Å²) >= 11 is 0.540. The van der Waals surface area contributed by atoms with E-state index in [1.165, 1.54) is 6.20 Å². The number of rotatable bonds is 7. The predicted molar refractivity (Wildman–Crippen MR) is 139 cm³/mol. The highest BCUT2D eigenvalue weighted by molar-refractivity contribution is 7.19. The van der Waals surface area contributed by atoms with Gasteiger partial charge in [0.25, 0.3) is 5.91 Å². The van der Waals surface area contributed by atoms with E-state index in [2.05, 4.69) is 15.4 Å². The number of nitrogens with one attached hydrogen (secondary N) is 3. The summed E-state index contributed by atoms with van der Waals surface area (Å²) in [5, 5.41) is 21.6. The number of anilines is 3. The van der Waals surface area contributed by atoms with Crippen LogP contribution in [0.2, 0.25) is 0 Å². The van der Waals surface area contributed by atoms with Gasteiger partial charge >= 0.3 is 12.1 Å². The molecule has 1 saturated carbocycles. The monoisotopic (exact) mass is 612 g/mol. The van der Waals surface area contributed by atoms with E-state index in [0.717, 1.165) is 31.0 Å². The van der Waals surface area contributed by atoms with E-state index in [-0.39, 0.29) is 34.7 Å². The van der Waals surface area contributed by atoms with Crippen LogP contribution in [0.4, 0.5) is 43.3 Å². The number of halogens is 5. The van der Waals surface area contributed by atoms with Crippen molar-refractivity contribution < 1.29 is 41.4 Å². The molecule has 3 heterocycles. The molecule has 2 aliphatic rings. The van der Waals surface area contributed by atoms with Gasteiger partial charge in [0, 0.05) is 19.1 Å². The molecule has 3 N–H and O–H groups in total. The minimum atomic E-state index is -4.99. The molecule has 2 fully saturated rings. The molecular formula is C25H23F5N7O4S-. The maximum Gasteiger partial charge on any atom is 0.471 e. The molecular weight excluding hydrogens is 589 g/mol. The Morgan fingerprint density at radius 3 is 2.38 bits per heavy atom. The zero-order chi connectivity index (χ0) is 30.2. The van der Waals surface area contributed by atoms with Gasteiger partial charge in [0.05, 0.1) is 17.8 Å². The Labute approximate surface area is 238 Å². The standard InChI is InChI=1S/C25H24F5N7O4S/c26-14-4-1-5-15(27)17(14)20-34-18(21(42-20)35-24(40)41)19(38)33-16-11-31-37(13-6-7-13)22(16)36-9-2-3-12(8-10-36)32-23(39)25(28,29)30/h1,4-5,11-13,35H,2-3,6-10H2,(H,32,39)(H,33,38)(H,40,41)/p-1. The first kappa shape index (κ1) is 29.2. The van der Waals surface area contributed by atoms with E-state index in [4.69, 9.17) is 0 Å². The summed E-state index contributed by atoms with van der Waals surface area (Å²) in [5.74, 6) is -4.35. The lowest BCUT2D eigenvalue weighted by molar-refractivity contribution is -0.242. The fourth-order valence-electron chi connectivity index (χ4n) is 4.71. The molecule has 1 unspecified atom stereocenters. The molecule has 224 valence electrons. The SMILES string of the molecule is O=C([O-])Nc1sc(-c2c(F)cccc2F)nc1C(=O)Nc1cnn(C2CC2)c1N1CCCC(NC(=O)C(F)(F)F)CC1. The number of nitrogens with zero attached hydrogens (tertiary/aromatic N) is 4. The third-order valence-electron chi connectivity index (χ3n) is 6.76. The van der Waals surface area contributed by atoms with Gasteiger partial charge in [-0.05, 0) is 44.2 Å². The molecule has 3 amide bonds. The van der Waals surface area contributed by atoms with Crippen molar-refractivity contribution >= 4 is 45.8 Å². The highest BCUT2D eigenvalue weighted by Crippen LogP contribution is 2.42. The second-order valence-corrected chi connectivity index (χ2v) is 10.8. The van der Waals surface area contributed by atoms with E-state index >= 15 is 0 Å². The van der Waals surface area contributed by atoms with Crippen LogP contribution in [0, 0.1) is 11.6 Å². The summed E-state index contributed by atoms with van der Waals surface area (Å²) in [6, 6.07) is 2.46. The smallest absolute Gasteiger partial charge is 0.471 e. The van der Waals surface area contributed by atoms with Crippen LogP contribution in [-0.4, -0.2) is 58.0 Å². The molecule has 11 nitrogen and oxygen atoms in total. The molecule has 2 aromatic heterocycles. The van der Waals surface area contributed by atoms with Crippen molar-refractivity contribution in [3.05, 3.63) is 41.7 Å². The molecule has 5 rings (SSSR count). The Hall–Kier alpha value is -4.28. The molecule has 1 aliphatic heterocycles. The van der Waals surface area contributed by atoms with Crippen LogP contribution in [0.1, 0.15) is 48.6 Å². The molecule has 42 heavy (non-hydrogen) atoms. The Bertz CT molecular complexity index is 1500. The predicted octanol–water partition coefficient (Wildman–Crippen LogP) is 3.66. The topological polar surface area (TPSA) is 144 Å². The van der Waals surface area contributed by atoms with Crippen LogP contribution >= 0.6 is 11.3 Å². The number of amides is 3. The lowest BCUT2D eigenvalue weighted by Crippen LogP contribution is -2.43. The first-order chi connectivity index (χ1) is 19.9. The third kappa shape index (κ3) is 6.29. The zero-order valence-electron chi connectivity index (χ0n) is 21.6. The third-order valence-corrected chi connectivity index (χ3v) is 7.75. The Morgan fingerprint density at radius 2 is 1.74 bits per heavy atom. The normalized spacial score (nSPS) is 17.5. The van der Waals surface area contributed by atoms with E-state index < -0.39 is 53.0 Å². The van der Waals surface area contributed by atoms with Gasteiger partial charge in [0.2, 0.25) is 0 Å². The van der Waals surface area contributed by atoms with Crippen LogP contribution in [0.3, 0.4) is 0 Å². The number of carbonyl (C=O) groups is 3. The van der Waals surface area contributed by atoms with E-state index in [1.807, 2.05) is 15.5 Å². The molecule has 3 aromatic rings. The van der Waals surface area contributed by atoms with Crippen LogP contribution in [-0.2, 0) is 4.79 Å². The Balaban J connectivity index is 1.41. The highest BCUT2D eigenvalue weighted by Gasteiger charge is 2.40. The molecule has 0 bridgehead atoms. The number of benzene rings is 1. The van der Waals surface area contributed by atoms with E-state index in [1.54, 1.807) is 4.68 Å². The number of hydrogen-bond donors (Lipinski definition) is 3. The van der Waals surface area contributed by atoms with Gasteiger partial charge in [-0.15, -0.1) is 0 Å². The van der Waals surface area contributed by atoms with Gasteiger partial charge in [-0.3, -0.25) is 9.59 Å². The van der Waals surface area contributed by atoms with Crippen LogP contribution < -0.4 is 26.0 Å². The summed E-state index contributed by atoms with van der Waals surface area (Å²) in [7, 11) is 0. The van der Waals surface area contributed by atoms with Gasteiger partial charge in [0.15, 0.2) is 11.5 Å². The summed E-state index contributed by atoms with van der Waals surface area (Å²) in [4.78, 5) is 42.0. The first-order valence-electron chi connectivity index (χ1n) is 12.9. The molecule has 1 aliphatic carbocycles. The average Bonchev–Trinajstić information content (AvgIpc) is 3.61. The molecule has 0 spiro atoms. The van der Waals surface area contributed by atoms with Gasteiger partial charge in [-0.1, -0.05) is 17.4 Å². The van der Waals surface area contributed by atoms with Gasteiger partial charge in [-0.25, -0.2) is 18.4 Å². The second-order valence-electron chi connectivity index (χ2n) is 9.80. The summed E-state index contributed by atoms with van der Waals surface area (Å²) in [5.41, 5.74) is -0.782. The Kier molecular flexibility index (Phi) is 8.03. The maximum absolute atomic E-state index is 14.4. The molecule has 1 aromatic carbocycles. The average molecular weight is 613 g/mol. The quantitative estimate of drug-likeness (QED) is 0.346. The van der Waals surface area contributed by atoms with Crippen LogP contribution in [0.25, 0.3) is 10.6 Å². The van der Waals surface area contributed by atoms with Gasteiger partial charge in [0.1, 0.15) is 33.4 Å². The van der Waals surface area contributed by atoms with E-state index in [9.17, 15) is 41.4 Å². The second kappa shape index (κ2) is 11.5. The summed E-state index contributed by atoms with van der Waals surface area (Å²) in [6.07, 6.45) is -2.78. The largest absolute Gasteiger partial charge is 0.530 e. The number of carboxylic acid groups (broad SMARTS) is 1. The number of alkyl halides is 3. The van der Waals surface area contributed by atoms with Crippen molar-refractivity contribution in [3.63, 3.8) is 0 Å². The van der Waals surface area contributed by atoms with Crippen molar-refractivity contribution in [2.75, 3.05) is 28.6 Å². The van der Waals surface area contributed by atoms with Gasteiger partial charge in [-0.2, -0.15) is 18.3 Å². The fourth-order valence-corrected chi connectivity index (χ4v) is 5.70. The highest BCUT2D eigenvalue weighted by atomic mass is 32.1. The molecule has 1 atom stereocenters. The number of aromatic nitrogens is 3. The fraction of sp³-hybridized carbons (Fsp3) is 0.400. The number of thiazole rings is 1. The summed E-state index contributed by atoms with van der Waals surface area (Å²) < 4.78 is 68.7. The van der Waals surface area contributed by atoms with Crippen molar-refractivity contribution in [2.45, 2.75) is 50.4 Å². The summed E-state index contributed by atoms with van der Waals surface area (Å²) in [6.45, 7) is 0.638. The lowest BCUT2D eigenvalue weighted by Gasteiger charge is -2.25. The molecule has 17 heteroatoms. The van der Waals surface area contributed by atoms with Crippen LogP contribution in [0.15, 0.2) is 24.4 Å². The van der Waals surface area contributed by atoms with Crippen molar-refractivity contribution in [1.82, 2.24) is 20.1 Å². The number of hydrogen-bond acceptors (Lipinski definition) is 8. The maximum atomic E-state index is 14.4.